The van der Waals surface area contributed by atoms with Gasteiger partial charge in [-0.05, 0) is 12.1 Å². The summed E-state index contributed by atoms with van der Waals surface area (Å²) in [4.78, 5) is 4.19. The highest BCUT2D eigenvalue weighted by Gasteiger charge is 2.16. The normalized spacial score (nSPS) is 12.9. The minimum absolute atomic E-state index is 0.789. The molecule has 0 radical (unpaired) electrons. The van der Waals surface area contributed by atoms with Crippen LogP contribution in [0.25, 0.3) is 0 Å². The van der Waals surface area contributed by atoms with Crippen LogP contribution >= 0.6 is 11.6 Å². The molecule has 0 atom stereocenters. The van der Waals surface area contributed by atoms with Gasteiger partial charge in [0.05, 0.1) is 6.54 Å². The first-order valence-electron chi connectivity index (χ1n) is 4.40. The SMILES string of the molecule is Clc1cccc2c1Cn1ccnc1N2. The first kappa shape index (κ1) is 7.88. The Kier molecular flexibility index (Phi) is 1.55. The van der Waals surface area contributed by atoms with Crippen LogP contribution in [0.1, 0.15) is 5.56 Å². The van der Waals surface area contributed by atoms with Crippen LogP contribution in [0.15, 0.2) is 30.6 Å². The fraction of sp³-hybridized carbons (Fsp3) is 0.100. The molecule has 0 amide bonds. The molecule has 1 N–H and O–H groups in total. The second kappa shape index (κ2) is 2.75. The molecule has 0 saturated heterocycles. The van der Waals surface area contributed by atoms with Crippen LogP contribution < -0.4 is 5.32 Å². The molecule has 0 spiro atoms. The first-order chi connectivity index (χ1) is 6.84. The Bertz CT molecular complexity index is 490. The number of rotatable bonds is 0. The number of halogens is 1. The molecular formula is C10H8ClN3. The molecule has 3 rings (SSSR count). The van der Waals surface area contributed by atoms with Crippen LogP contribution in [0.4, 0.5) is 11.6 Å². The van der Waals surface area contributed by atoms with Crippen molar-refractivity contribution in [2.45, 2.75) is 6.54 Å². The molecule has 3 nitrogen and oxygen atoms in total. The average molecular weight is 206 g/mol. The lowest BCUT2D eigenvalue weighted by molar-refractivity contribution is 0.791. The summed E-state index contributed by atoms with van der Waals surface area (Å²) in [7, 11) is 0. The van der Waals surface area contributed by atoms with Gasteiger partial charge in [0.1, 0.15) is 0 Å². The van der Waals surface area contributed by atoms with Crippen molar-refractivity contribution in [1.82, 2.24) is 9.55 Å². The first-order valence-corrected chi connectivity index (χ1v) is 4.78. The fourth-order valence-electron chi connectivity index (χ4n) is 1.69. The van der Waals surface area contributed by atoms with Crippen LogP contribution in [0.2, 0.25) is 5.02 Å². The highest BCUT2D eigenvalue weighted by Crippen LogP contribution is 2.31. The van der Waals surface area contributed by atoms with Gasteiger partial charge in [0.2, 0.25) is 5.95 Å². The number of fused-ring (bicyclic) bond motifs is 2. The molecule has 0 saturated carbocycles. The Morgan fingerprint density at radius 2 is 2.36 bits per heavy atom. The lowest BCUT2D eigenvalue weighted by Gasteiger charge is -2.20. The van der Waals surface area contributed by atoms with Crippen LogP contribution in [0.5, 0.6) is 0 Å². The van der Waals surface area contributed by atoms with Crippen LogP contribution in [0, 0.1) is 0 Å². The Morgan fingerprint density at radius 3 is 3.29 bits per heavy atom. The summed E-state index contributed by atoms with van der Waals surface area (Å²) < 4.78 is 2.04. The van der Waals surface area contributed by atoms with Crippen LogP contribution in [-0.4, -0.2) is 9.55 Å². The van der Waals surface area contributed by atoms with Gasteiger partial charge < -0.3 is 9.88 Å². The summed E-state index contributed by atoms with van der Waals surface area (Å²) in [6.07, 6.45) is 3.72. The summed E-state index contributed by atoms with van der Waals surface area (Å²) in [5, 5.41) is 4.03. The van der Waals surface area contributed by atoms with Gasteiger partial charge in [-0.3, -0.25) is 0 Å². The molecule has 0 bridgehead atoms. The van der Waals surface area contributed by atoms with Gasteiger partial charge in [0.15, 0.2) is 0 Å². The lowest BCUT2D eigenvalue weighted by Crippen LogP contribution is -2.12. The summed E-state index contributed by atoms with van der Waals surface area (Å²) in [5.74, 6) is 0.875. The second-order valence-electron chi connectivity index (χ2n) is 3.27. The van der Waals surface area contributed by atoms with E-state index in [0.29, 0.717) is 0 Å². The molecule has 1 aliphatic heterocycles. The maximum absolute atomic E-state index is 6.10. The summed E-state index contributed by atoms with van der Waals surface area (Å²) in [6, 6.07) is 5.86. The molecular weight excluding hydrogens is 198 g/mol. The largest absolute Gasteiger partial charge is 0.325 e. The third-order valence-electron chi connectivity index (χ3n) is 2.41. The zero-order valence-electron chi connectivity index (χ0n) is 7.37. The van der Waals surface area contributed by atoms with E-state index in [9.17, 15) is 0 Å². The molecule has 14 heavy (non-hydrogen) atoms. The third-order valence-corrected chi connectivity index (χ3v) is 2.76. The smallest absolute Gasteiger partial charge is 0.207 e. The molecule has 1 aromatic heterocycles. The molecule has 1 aromatic carbocycles. The van der Waals surface area contributed by atoms with E-state index in [4.69, 9.17) is 11.6 Å². The number of hydrogen-bond acceptors (Lipinski definition) is 2. The summed E-state index contributed by atoms with van der Waals surface area (Å²) in [5.41, 5.74) is 2.18. The van der Waals surface area contributed by atoms with E-state index in [1.54, 1.807) is 6.20 Å². The minimum atomic E-state index is 0.789. The number of hydrogen-bond donors (Lipinski definition) is 1. The predicted molar refractivity (Wildman–Crippen MR) is 56.1 cm³/mol. The van der Waals surface area contributed by atoms with Crippen molar-refractivity contribution in [3.05, 3.63) is 41.2 Å². The number of benzene rings is 1. The van der Waals surface area contributed by atoms with Gasteiger partial charge in [-0.25, -0.2) is 4.98 Å². The van der Waals surface area contributed by atoms with Crippen molar-refractivity contribution in [2.24, 2.45) is 0 Å². The van der Waals surface area contributed by atoms with Crippen molar-refractivity contribution in [3.8, 4) is 0 Å². The number of anilines is 2. The lowest BCUT2D eigenvalue weighted by atomic mass is 10.1. The maximum atomic E-state index is 6.10. The van der Waals surface area contributed by atoms with Crippen LogP contribution in [-0.2, 0) is 6.54 Å². The van der Waals surface area contributed by atoms with Crippen molar-refractivity contribution in [1.29, 1.82) is 0 Å². The maximum Gasteiger partial charge on any atom is 0.207 e. The van der Waals surface area contributed by atoms with E-state index in [0.717, 1.165) is 28.8 Å². The van der Waals surface area contributed by atoms with Gasteiger partial charge in [-0.15, -0.1) is 0 Å². The molecule has 0 aliphatic carbocycles. The number of nitrogens with one attached hydrogen (secondary N) is 1. The Balaban J connectivity index is 2.17. The van der Waals surface area contributed by atoms with E-state index in [2.05, 4.69) is 10.3 Å². The Morgan fingerprint density at radius 1 is 1.43 bits per heavy atom. The molecule has 1 aliphatic rings. The van der Waals surface area contributed by atoms with E-state index in [-0.39, 0.29) is 0 Å². The van der Waals surface area contributed by atoms with Gasteiger partial charge >= 0.3 is 0 Å². The molecule has 2 aromatic rings. The minimum Gasteiger partial charge on any atom is -0.325 e. The predicted octanol–water partition coefficient (Wildman–Crippen LogP) is 2.64. The fourth-order valence-corrected chi connectivity index (χ4v) is 1.92. The van der Waals surface area contributed by atoms with E-state index < -0.39 is 0 Å². The molecule has 2 heterocycles. The number of nitrogens with zero attached hydrogens (tertiary/aromatic N) is 2. The van der Waals surface area contributed by atoms with E-state index in [1.165, 1.54) is 0 Å². The second-order valence-corrected chi connectivity index (χ2v) is 3.68. The molecule has 4 heteroatoms. The van der Waals surface area contributed by atoms with Gasteiger partial charge in [-0.2, -0.15) is 0 Å². The molecule has 0 unspecified atom stereocenters. The average Bonchev–Trinajstić information content (AvgIpc) is 2.62. The van der Waals surface area contributed by atoms with Crippen molar-refractivity contribution >= 4 is 23.2 Å². The molecule has 0 fully saturated rings. The topological polar surface area (TPSA) is 29.9 Å². The number of aromatic nitrogens is 2. The van der Waals surface area contributed by atoms with E-state index in [1.807, 2.05) is 29.0 Å². The molecule has 70 valence electrons. The van der Waals surface area contributed by atoms with Crippen molar-refractivity contribution in [3.63, 3.8) is 0 Å². The highest BCUT2D eigenvalue weighted by molar-refractivity contribution is 6.31. The highest BCUT2D eigenvalue weighted by atomic mass is 35.5. The quantitative estimate of drug-likeness (QED) is 0.612. The number of imidazole rings is 1. The van der Waals surface area contributed by atoms with E-state index >= 15 is 0 Å². The van der Waals surface area contributed by atoms with Gasteiger partial charge in [0.25, 0.3) is 0 Å². The van der Waals surface area contributed by atoms with Crippen LogP contribution in [0.3, 0.4) is 0 Å². The zero-order chi connectivity index (χ0) is 9.54. The summed E-state index contributed by atoms with van der Waals surface area (Å²) >= 11 is 6.10. The monoisotopic (exact) mass is 205 g/mol. The van der Waals surface area contributed by atoms with Gasteiger partial charge in [0, 0.05) is 28.7 Å². The summed E-state index contributed by atoms with van der Waals surface area (Å²) in [6.45, 7) is 0.789. The third kappa shape index (κ3) is 1.02. The standard InChI is InChI=1S/C10H8ClN3/c11-8-2-1-3-9-7(8)6-14-5-4-12-10(14)13-9/h1-5H,6H2,(H,12,13). The Hall–Kier alpha value is -1.48. The van der Waals surface area contributed by atoms with Crippen molar-refractivity contribution < 1.29 is 0 Å². The van der Waals surface area contributed by atoms with Crippen molar-refractivity contribution in [2.75, 3.05) is 5.32 Å². The Labute approximate surface area is 86.3 Å². The zero-order valence-corrected chi connectivity index (χ0v) is 8.12. The van der Waals surface area contributed by atoms with Gasteiger partial charge in [-0.1, -0.05) is 17.7 Å².